The van der Waals surface area contributed by atoms with Crippen LogP contribution in [-0.2, 0) is 19.1 Å². The van der Waals surface area contributed by atoms with E-state index in [4.69, 9.17) is 37.4 Å². The molecule has 29 heavy (non-hydrogen) atoms. The Kier molecular flexibility index (Phi) is 9.04. The molecule has 1 aliphatic rings. The lowest BCUT2D eigenvalue weighted by atomic mass is 9.81. The van der Waals surface area contributed by atoms with Crippen LogP contribution in [0.5, 0.6) is 5.75 Å². The Morgan fingerprint density at radius 1 is 1.24 bits per heavy atom. The molecule has 0 spiro atoms. The topological polar surface area (TPSA) is 78.9 Å². The molecular formula is C21H22Cl2O6. The fourth-order valence-corrected chi connectivity index (χ4v) is 3.03. The highest BCUT2D eigenvalue weighted by Crippen LogP contribution is 2.29. The summed E-state index contributed by atoms with van der Waals surface area (Å²) in [6.07, 6.45) is 1.71. The smallest absolute Gasteiger partial charge is 0.192 e. The number of rotatable bonds is 11. The number of ketones is 3. The maximum absolute atomic E-state index is 12.7. The molecule has 1 aromatic carbocycles. The zero-order chi connectivity index (χ0) is 21.4. The summed E-state index contributed by atoms with van der Waals surface area (Å²) in [6, 6.07) is 4.35. The Bertz CT molecular complexity index is 788. The number of hydrogen-bond donors (Lipinski definition) is 0. The summed E-state index contributed by atoms with van der Waals surface area (Å²) in [5, 5.41) is 0.553. The average Bonchev–Trinajstić information content (AvgIpc) is 2.68. The molecule has 0 aromatic heterocycles. The van der Waals surface area contributed by atoms with E-state index in [-0.39, 0.29) is 60.6 Å². The number of carbonyl (C=O) groups excluding carboxylic acids is 3. The summed E-state index contributed by atoms with van der Waals surface area (Å²) in [5.41, 5.74) is 0.177. The summed E-state index contributed by atoms with van der Waals surface area (Å²) < 4.78 is 16.5. The lowest BCUT2D eigenvalue weighted by molar-refractivity contribution is -0.144. The molecule has 1 aliphatic carbocycles. The number of ether oxygens (including phenoxy) is 3. The molecule has 0 amide bonds. The number of carbonyl (C=O) groups is 3. The second kappa shape index (κ2) is 11.3. The third-order valence-corrected chi connectivity index (χ3v) is 4.59. The van der Waals surface area contributed by atoms with Gasteiger partial charge in [-0.2, -0.15) is 0 Å². The maximum Gasteiger partial charge on any atom is 0.192 e. The van der Waals surface area contributed by atoms with Crippen LogP contribution in [0, 0.1) is 5.92 Å². The van der Waals surface area contributed by atoms with Gasteiger partial charge in [-0.3, -0.25) is 14.4 Å². The average molecular weight is 441 g/mol. The SMILES string of the molecule is C=CCOC(COc1cc(C(=O)C2C(=O)CCCC2=O)ccc1Cl)OCC(=C)Cl. The molecule has 0 saturated heterocycles. The van der Waals surface area contributed by atoms with Crippen molar-refractivity contribution in [1.82, 2.24) is 0 Å². The second-order valence-electron chi connectivity index (χ2n) is 6.42. The van der Waals surface area contributed by atoms with Crippen molar-refractivity contribution in [2.24, 2.45) is 5.92 Å². The fraction of sp³-hybridized carbons (Fsp3) is 0.381. The van der Waals surface area contributed by atoms with Crippen molar-refractivity contribution < 1.29 is 28.6 Å². The lowest BCUT2D eigenvalue weighted by Crippen LogP contribution is -2.35. The molecule has 2 rings (SSSR count). The zero-order valence-electron chi connectivity index (χ0n) is 15.8. The largest absolute Gasteiger partial charge is 0.487 e. The first kappa shape index (κ1) is 23.3. The first-order chi connectivity index (χ1) is 13.8. The fourth-order valence-electron chi connectivity index (χ4n) is 2.79. The van der Waals surface area contributed by atoms with Gasteiger partial charge in [-0.25, -0.2) is 0 Å². The van der Waals surface area contributed by atoms with Crippen LogP contribution in [0.3, 0.4) is 0 Å². The molecule has 1 aromatic rings. The van der Waals surface area contributed by atoms with Gasteiger partial charge < -0.3 is 14.2 Å². The molecule has 156 valence electrons. The highest BCUT2D eigenvalue weighted by atomic mass is 35.5. The Labute approximate surface area is 179 Å². The van der Waals surface area contributed by atoms with Crippen molar-refractivity contribution in [2.75, 3.05) is 19.8 Å². The number of halogens is 2. The molecule has 0 radical (unpaired) electrons. The summed E-state index contributed by atoms with van der Waals surface area (Å²) >= 11 is 11.9. The molecule has 1 fully saturated rings. The summed E-state index contributed by atoms with van der Waals surface area (Å²) in [4.78, 5) is 36.8. The van der Waals surface area contributed by atoms with E-state index in [2.05, 4.69) is 13.2 Å². The molecule has 8 heteroatoms. The maximum atomic E-state index is 12.7. The Hall–Kier alpha value is -1.99. The monoisotopic (exact) mass is 440 g/mol. The van der Waals surface area contributed by atoms with Crippen LogP contribution in [-0.4, -0.2) is 43.5 Å². The van der Waals surface area contributed by atoms with E-state index in [1.54, 1.807) is 6.08 Å². The molecule has 0 heterocycles. The minimum atomic E-state index is -1.25. The van der Waals surface area contributed by atoms with Crippen LogP contribution in [0.4, 0.5) is 0 Å². The summed E-state index contributed by atoms with van der Waals surface area (Å²) in [5.74, 6) is -2.30. The highest BCUT2D eigenvalue weighted by molar-refractivity contribution is 6.32. The molecule has 0 N–H and O–H groups in total. The number of hydrogen-bond acceptors (Lipinski definition) is 6. The van der Waals surface area contributed by atoms with Gasteiger partial charge in [0.1, 0.15) is 18.3 Å². The van der Waals surface area contributed by atoms with Crippen LogP contribution in [0.15, 0.2) is 42.5 Å². The van der Waals surface area contributed by atoms with Crippen LogP contribution in [0.1, 0.15) is 29.6 Å². The van der Waals surface area contributed by atoms with Gasteiger partial charge in [0, 0.05) is 23.4 Å². The van der Waals surface area contributed by atoms with Gasteiger partial charge in [-0.05, 0) is 24.6 Å². The normalized spacial score (nSPS) is 15.8. The Morgan fingerprint density at radius 2 is 1.93 bits per heavy atom. The Balaban J connectivity index is 2.11. The molecule has 0 aliphatic heterocycles. The van der Waals surface area contributed by atoms with Crippen molar-refractivity contribution in [1.29, 1.82) is 0 Å². The number of benzene rings is 1. The molecule has 0 bridgehead atoms. The van der Waals surface area contributed by atoms with Crippen molar-refractivity contribution in [3.8, 4) is 5.75 Å². The van der Waals surface area contributed by atoms with Gasteiger partial charge in [0.05, 0.1) is 18.2 Å². The first-order valence-electron chi connectivity index (χ1n) is 9.02. The minimum Gasteiger partial charge on any atom is -0.487 e. The molecule has 1 saturated carbocycles. The van der Waals surface area contributed by atoms with E-state index in [9.17, 15) is 14.4 Å². The van der Waals surface area contributed by atoms with Crippen LogP contribution in [0.2, 0.25) is 5.02 Å². The first-order valence-corrected chi connectivity index (χ1v) is 9.78. The summed E-state index contributed by atoms with van der Waals surface area (Å²) in [6.45, 7) is 7.35. The molecular weight excluding hydrogens is 419 g/mol. The van der Waals surface area contributed by atoms with Gasteiger partial charge in [0.25, 0.3) is 0 Å². The predicted octanol–water partition coefficient (Wildman–Crippen LogP) is 4.14. The van der Waals surface area contributed by atoms with E-state index in [0.29, 0.717) is 11.5 Å². The Morgan fingerprint density at radius 3 is 2.55 bits per heavy atom. The molecule has 1 unspecified atom stereocenters. The quantitative estimate of drug-likeness (QED) is 0.222. The van der Waals surface area contributed by atoms with E-state index in [1.165, 1.54) is 18.2 Å². The van der Waals surface area contributed by atoms with E-state index in [1.807, 2.05) is 0 Å². The van der Waals surface area contributed by atoms with Crippen molar-refractivity contribution in [2.45, 2.75) is 25.6 Å². The van der Waals surface area contributed by atoms with Crippen LogP contribution < -0.4 is 4.74 Å². The number of Topliss-reactive ketones (excluding diaryl/α,β-unsaturated/α-hetero) is 3. The minimum absolute atomic E-state index is 0.0450. The molecule has 1 atom stereocenters. The summed E-state index contributed by atoms with van der Waals surface area (Å²) in [7, 11) is 0. The highest BCUT2D eigenvalue weighted by Gasteiger charge is 2.36. The zero-order valence-corrected chi connectivity index (χ0v) is 17.3. The van der Waals surface area contributed by atoms with Crippen LogP contribution in [0.25, 0.3) is 0 Å². The second-order valence-corrected chi connectivity index (χ2v) is 7.36. The third kappa shape index (κ3) is 6.78. The lowest BCUT2D eigenvalue weighted by Gasteiger charge is -2.20. The van der Waals surface area contributed by atoms with E-state index < -0.39 is 18.0 Å². The van der Waals surface area contributed by atoms with Gasteiger partial charge >= 0.3 is 0 Å². The van der Waals surface area contributed by atoms with Gasteiger partial charge in [-0.1, -0.05) is 35.9 Å². The van der Waals surface area contributed by atoms with Gasteiger partial charge in [-0.15, -0.1) is 6.58 Å². The van der Waals surface area contributed by atoms with E-state index >= 15 is 0 Å². The van der Waals surface area contributed by atoms with Gasteiger partial charge in [0.2, 0.25) is 0 Å². The van der Waals surface area contributed by atoms with Crippen molar-refractivity contribution >= 4 is 40.6 Å². The molecule has 6 nitrogen and oxygen atoms in total. The van der Waals surface area contributed by atoms with Crippen molar-refractivity contribution in [3.05, 3.63) is 53.1 Å². The van der Waals surface area contributed by atoms with E-state index in [0.717, 1.165) is 0 Å². The standard InChI is InChI=1S/C21H22Cl2O6/c1-3-9-27-19(29-11-13(2)22)12-28-18-10-14(7-8-15(18)23)21(26)20-16(24)5-4-6-17(20)25/h3,7-8,10,19-20H,1-2,4-6,9,11-12H2. The van der Waals surface area contributed by atoms with Gasteiger partial charge in [0.15, 0.2) is 23.6 Å². The van der Waals surface area contributed by atoms with Crippen LogP contribution >= 0.6 is 23.2 Å². The predicted molar refractivity (Wildman–Crippen MR) is 110 cm³/mol. The third-order valence-electron chi connectivity index (χ3n) is 4.17. The van der Waals surface area contributed by atoms with Crippen molar-refractivity contribution in [3.63, 3.8) is 0 Å².